The average molecular weight is 426 g/mol. The Morgan fingerprint density at radius 3 is 2.71 bits per heavy atom. The van der Waals surface area contributed by atoms with E-state index in [9.17, 15) is 13.2 Å². The summed E-state index contributed by atoms with van der Waals surface area (Å²) >= 11 is 0. The molecule has 0 unspecified atom stereocenters. The number of benzene rings is 2. The van der Waals surface area contributed by atoms with Crippen molar-refractivity contribution in [2.24, 2.45) is 0 Å². The highest BCUT2D eigenvalue weighted by molar-refractivity contribution is 5.60. The Balaban J connectivity index is 1.34. The summed E-state index contributed by atoms with van der Waals surface area (Å²) < 4.78 is 46.2. The summed E-state index contributed by atoms with van der Waals surface area (Å²) in [5, 5.41) is 18.5. The SMILES string of the molecule is Fc1cc(-c2nnc(C(F)F)o2)ccc1Cn1cc(-c2ccc3c(c2)CCNC3)nn1. The second-order valence-corrected chi connectivity index (χ2v) is 7.26. The molecule has 1 aliphatic rings. The lowest BCUT2D eigenvalue weighted by molar-refractivity contribution is 0.116. The molecule has 10 heteroatoms. The molecule has 0 spiro atoms. The average Bonchev–Trinajstić information content (AvgIpc) is 3.45. The minimum Gasteiger partial charge on any atom is -0.415 e. The third-order valence-corrected chi connectivity index (χ3v) is 5.19. The highest BCUT2D eigenvalue weighted by atomic mass is 19.3. The largest absolute Gasteiger partial charge is 0.415 e. The van der Waals surface area contributed by atoms with Gasteiger partial charge in [-0.2, -0.15) is 8.78 Å². The second-order valence-electron chi connectivity index (χ2n) is 7.26. The summed E-state index contributed by atoms with van der Waals surface area (Å²) in [5.41, 5.74) is 4.85. The van der Waals surface area contributed by atoms with Crippen LogP contribution in [-0.2, 0) is 19.5 Å². The molecule has 0 radical (unpaired) electrons. The maximum absolute atomic E-state index is 14.6. The third kappa shape index (κ3) is 3.93. The number of alkyl halides is 2. The van der Waals surface area contributed by atoms with Gasteiger partial charge in [-0.1, -0.05) is 23.4 Å². The van der Waals surface area contributed by atoms with Crippen molar-refractivity contribution in [2.75, 3.05) is 6.54 Å². The van der Waals surface area contributed by atoms with Gasteiger partial charge in [0.2, 0.25) is 5.89 Å². The van der Waals surface area contributed by atoms with Gasteiger partial charge in [0.15, 0.2) is 0 Å². The van der Waals surface area contributed by atoms with E-state index in [4.69, 9.17) is 4.42 Å². The molecule has 158 valence electrons. The van der Waals surface area contributed by atoms with Crippen molar-refractivity contribution in [1.82, 2.24) is 30.5 Å². The van der Waals surface area contributed by atoms with E-state index in [1.807, 2.05) is 6.07 Å². The van der Waals surface area contributed by atoms with Gasteiger partial charge in [-0.3, -0.25) is 0 Å². The Morgan fingerprint density at radius 1 is 1.03 bits per heavy atom. The molecular weight excluding hydrogens is 409 g/mol. The fourth-order valence-corrected chi connectivity index (χ4v) is 3.57. The molecule has 0 saturated heterocycles. The zero-order valence-electron chi connectivity index (χ0n) is 16.2. The van der Waals surface area contributed by atoms with Crippen LogP contribution in [0.3, 0.4) is 0 Å². The Hall–Kier alpha value is -3.53. The van der Waals surface area contributed by atoms with Crippen LogP contribution >= 0.6 is 0 Å². The van der Waals surface area contributed by atoms with E-state index in [1.54, 1.807) is 10.9 Å². The molecule has 5 rings (SSSR count). The molecule has 1 N–H and O–H groups in total. The van der Waals surface area contributed by atoms with E-state index in [0.29, 0.717) is 11.3 Å². The Bertz CT molecular complexity index is 1240. The van der Waals surface area contributed by atoms with Crippen LogP contribution in [-0.4, -0.2) is 31.7 Å². The first-order valence-corrected chi connectivity index (χ1v) is 9.70. The number of fused-ring (bicyclic) bond motifs is 1. The zero-order valence-corrected chi connectivity index (χ0v) is 16.2. The Kier molecular flexibility index (Phi) is 4.99. The lowest BCUT2D eigenvalue weighted by atomic mass is 9.97. The normalized spacial score (nSPS) is 13.5. The highest BCUT2D eigenvalue weighted by Gasteiger charge is 2.18. The number of nitrogens with zero attached hydrogens (tertiary/aromatic N) is 5. The van der Waals surface area contributed by atoms with Crippen LogP contribution < -0.4 is 5.32 Å². The number of rotatable bonds is 5. The molecule has 31 heavy (non-hydrogen) atoms. The lowest BCUT2D eigenvalue weighted by Crippen LogP contribution is -2.23. The predicted octanol–water partition coefficient (Wildman–Crippen LogP) is 3.77. The van der Waals surface area contributed by atoms with E-state index >= 15 is 0 Å². The Morgan fingerprint density at radius 2 is 1.90 bits per heavy atom. The summed E-state index contributed by atoms with van der Waals surface area (Å²) in [6, 6.07) is 10.5. The first-order valence-electron chi connectivity index (χ1n) is 9.70. The van der Waals surface area contributed by atoms with Crippen molar-refractivity contribution in [3.63, 3.8) is 0 Å². The number of nitrogens with one attached hydrogen (secondary N) is 1. The molecule has 3 heterocycles. The van der Waals surface area contributed by atoms with E-state index in [-0.39, 0.29) is 18.0 Å². The standard InChI is InChI=1S/C21H17F3N6O/c22-17-8-14(20-27-28-21(31-20)19(23)24)2-4-16(17)10-30-11-18(26-29-30)13-1-3-15-9-25-6-5-12(15)7-13/h1-4,7-8,11,19,25H,5-6,9-10H2. The first kappa shape index (κ1) is 19.4. The number of halogens is 3. The van der Waals surface area contributed by atoms with Crippen LogP contribution in [0.25, 0.3) is 22.7 Å². The predicted molar refractivity (Wildman–Crippen MR) is 105 cm³/mol. The molecule has 2 aromatic carbocycles. The van der Waals surface area contributed by atoms with Crippen LogP contribution in [0.4, 0.5) is 13.2 Å². The van der Waals surface area contributed by atoms with Crippen molar-refractivity contribution in [1.29, 1.82) is 0 Å². The van der Waals surface area contributed by atoms with Gasteiger partial charge in [0, 0.05) is 23.2 Å². The maximum Gasteiger partial charge on any atom is 0.314 e. The third-order valence-electron chi connectivity index (χ3n) is 5.19. The fourth-order valence-electron chi connectivity index (χ4n) is 3.57. The van der Waals surface area contributed by atoms with E-state index in [2.05, 4.69) is 38.0 Å². The number of hydrogen-bond acceptors (Lipinski definition) is 6. The van der Waals surface area contributed by atoms with Gasteiger partial charge < -0.3 is 9.73 Å². The van der Waals surface area contributed by atoms with Gasteiger partial charge in [-0.05, 0) is 42.3 Å². The fraction of sp³-hybridized carbons (Fsp3) is 0.238. The zero-order chi connectivity index (χ0) is 21.4. The van der Waals surface area contributed by atoms with Crippen molar-refractivity contribution in [3.8, 4) is 22.7 Å². The molecule has 0 fully saturated rings. The molecule has 7 nitrogen and oxygen atoms in total. The molecule has 0 amide bonds. The van der Waals surface area contributed by atoms with Crippen LogP contribution in [0.5, 0.6) is 0 Å². The van der Waals surface area contributed by atoms with Crippen LogP contribution in [0, 0.1) is 5.82 Å². The quantitative estimate of drug-likeness (QED) is 0.523. The van der Waals surface area contributed by atoms with E-state index < -0.39 is 18.1 Å². The smallest absolute Gasteiger partial charge is 0.314 e. The van der Waals surface area contributed by atoms with Gasteiger partial charge in [-0.15, -0.1) is 15.3 Å². The van der Waals surface area contributed by atoms with Crippen LogP contribution in [0.2, 0.25) is 0 Å². The lowest BCUT2D eigenvalue weighted by Gasteiger charge is -2.17. The van der Waals surface area contributed by atoms with Crippen molar-refractivity contribution < 1.29 is 17.6 Å². The molecule has 4 aromatic rings. The molecule has 0 aliphatic carbocycles. The second kappa shape index (κ2) is 7.95. The Labute approximate surface area is 174 Å². The molecule has 0 bridgehead atoms. The van der Waals surface area contributed by atoms with Gasteiger partial charge in [0.05, 0.1) is 12.7 Å². The van der Waals surface area contributed by atoms with Crippen LogP contribution in [0.1, 0.15) is 29.0 Å². The minimum atomic E-state index is -2.88. The molecular formula is C21H17F3N6O. The van der Waals surface area contributed by atoms with Crippen LogP contribution in [0.15, 0.2) is 47.0 Å². The summed E-state index contributed by atoms with van der Waals surface area (Å²) in [4.78, 5) is 0. The number of hydrogen-bond donors (Lipinski definition) is 1. The number of aromatic nitrogens is 5. The molecule has 1 aliphatic heterocycles. The van der Waals surface area contributed by atoms with Gasteiger partial charge >= 0.3 is 6.43 Å². The van der Waals surface area contributed by atoms with Gasteiger partial charge in [-0.25, -0.2) is 9.07 Å². The highest BCUT2D eigenvalue weighted by Crippen LogP contribution is 2.26. The minimum absolute atomic E-state index is 0.161. The van der Waals surface area contributed by atoms with Gasteiger partial charge in [0.25, 0.3) is 5.89 Å². The van der Waals surface area contributed by atoms with Crippen molar-refractivity contribution in [2.45, 2.75) is 25.9 Å². The topological polar surface area (TPSA) is 81.7 Å². The van der Waals surface area contributed by atoms with Gasteiger partial charge in [0.1, 0.15) is 11.5 Å². The molecule has 0 saturated carbocycles. The monoisotopic (exact) mass is 426 g/mol. The van der Waals surface area contributed by atoms with E-state index in [0.717, 1.165) is 25.1 Å². The van der Waals surface area contributed by atoms with E-state index in [1.165, 1.54) is 29.3 Å². The van der Waals surface area contributed by atoms with Crippen molar-refractivity contribution in [3.05, 3.63) is 71.0 Å². The van der Waals surface area contributed by atoms with Crippen molar-refractivity contribution >= 4 is 0 Å². The maximum atomic E-state index is 14.6. The molecule has 0 atom stereocenters. The summed E-state index contributed by atoms with van der Waals surface area (Å²) in [7, 11) is 0. The molecule has 2 aromatic heterocycles. The summed E-state index contributed by atoms with van der Waals surface area (Å²) in [6.07, 6.45) is -0.143. The first-order chi connectivity index (χ1) is 15.1. The summed E-state index contributed by atoms with van der Waals surface area (Å²) in [6.45, 7) is 1.98. The summed E-state index contributed by atoms with van der Waals surface area (Å²) in [5.74, 6) is -1.49.